The summed E-state index contributed by atoms with van der Waals surface area (Å²) in [5.41, 5.74) is 6.53. The molecule has 1 aromatic carbocycles. The van der Waals surface area contributed by atoms with Gasteiger partial charge in [0.05, 0.1) is 16.3 Å². The first kappa shape index (κ1) is 11.7. The zero-order valence-corrected chi connectivity index (χ0v) is 10.2. The van der Waals surface area contributed by atoms with E-state index in [1.807, 2.05) is 0 Å². The third-order valence-corrected chi connectivity index (χ3v) is 3.97. The summed E-state index contributed by atoms with van der Waals surface area (Å²) in [5.74, 6) is -0.114. The highest BCUT2D eigenvalue weighted by Gasteiger charge is 2.16. The van der Waals surface area contributed by atoms with Gasteiger partial charge in [-0.15, -0.1) is 0 Å². The fourth-order valence-electron chi connectivity index (χ4n) is 1.53. The zero-order chi connectivity index (χ0) is 12.5. The summed E-state index contributed by atoms with van der Waals surface area (Å²) in [7, 11) is -1.63. The van der Waals surface area contributed by atoms with Crippen LogP contribution in [0.5, 0.6) is 0 Å². The number of rotatable bonds is 3. The Hall–Kier alpha value is -1.82. The lowest BCUT2D eigenvalue weighted by Crippen LogP contribution is -2.06. The summed E-state index contributed by atoms with van der Waals surface area (Å²) < 4.78 is 25.7. The number of aromatic nitrogens is 2. The molecule has 0 radical (unpaired) electrons. The molecule has 2 rings (SSSR count). The van der Waals surface area contributed by atoms with Gasteiger partial charge in [-0.1, -0.05) is 6.07 Å². The fraction of sp³-hybridized carbons (Fsp3) is 0.182. The van der Waals surface area contributed by atoms with Gasteiger partial charge in [0.1, 0.15) is 0 Å². The van der Waals surface area contributed by atoms with Crippen molar-refractivity contribution in [2.45, 2.75) is 10.6 Å². The van der Waals surface area contributed by atoms with Gasteiger partial charge in [0.15, 0.2) is 9.84 Å². The number of nitrogen functional groups attached to an aromatic ring is 1. The number of benzene rings is 1. The van der Waals surface area contributed by atoms with Crippen LogP contribution in [0.3, 0.4) is 0 Å². The standard InChI is InChI=1S/C11H13N3O2S/c1-14-6-5-10(13-14)8-17(15,16)11-4-2-3-9(12)7-11/h2-7H,8,12H2,1H3. The van der Waals surface area contributed by atoms with E-state index in [4.69, 9.17) is 5.73 Å². The number of sulfone groups is 1. The zero-order valence-electron chi connectivity index (χ0n) is 9.37. The molecule has 0 unspecified atom stereocenters. The molecule has 0 fully saturated rings. The Balaban J connectivity index is 2.31. The van der Waals surface area contributed by atoms with E-state index in [0.29, 0.717) is 11.4 Å². The Morgan fingerprint density at radius 2 is 2.12 bits per heavy atom. The van der Waals surface area contributed by atoms with Crippen molar-refractivity contribution in [3.8, 4) is 0 Å². The first-order valence-corrected chi connectivity index (χ1v) is 6.69. The second-order valence-electron chi connectivity index (χ2n) is 3.81. The molecule has 0 spiro atoms. The molecule has 17 heavy (non-hydrogen) atoms. The third-order valence-electron chi connectivity index (χ3n) is 2.32. The van der Waals surface area contributed by atoms with Gasteiger partial charge in [-0.25, -0.2) is 8.42 Å². The minimum atomic E-state index is -3.38. The lowest BCUT2D eigenvalue weighted by Gasteiger charge is -2.03. The maximum atomic E-state index is 12.1. The van der Waals surface area contributed by atoms with Gasteiger partial charge in [-0.3, -0.25) is 4.68 Å². The van der Waals surface area contributed by atoms with Gasteiger partial charge in [0, 0.05) is 18.9 Å². The molecule has 6 heteroatoms. The number of hydrogen-bond donors (Lipinski definition) is 1. The van der Waals surface area contributed by atoms with Gasteiger partial charge >= 0.3 is 0 Å². The van der Waals surface area contributed by atoms with Crippen molar-refractivity contribution in [3.05, 3.63) is 42.2 Å². The van der Waals surface area contributed by atoms with Crippen LogP contribution in [0.15, 0.2) is 41.4 Å². The van der Waals surface area contributed by atoms with E-state index in [-0.39, 0.29) is 10.6 Å². The normalized spacial score (nSPS) is 11.6. The quantitative estimate of drug-likeness (QED) is 0.825. The van der Waals surface area contributed by atoms with Gasteiger partial charge in [-0.2, -0.15) is 5.10 Å². The molecule has 0 aliphatic carbocycles. The smallest absolute Gasteiger partial charge is 0.184 e. The molecule has 0 atom stereocenters. The predicted octanol–water partition coefficient (Wildman–Crippen LogP) is 0.976. The minimum absolute atomic E-state index is 0.114. The predicted molar refractivity (Wildman–Crippen MR) is 65.0 cm³/mol. The number of anilines is 1. The second-order valence-corrected chi connectivity index (χ2v) is 5.80. The van der Waals surface area contributed by atoms with Crippen molar-refractivity contribution in [2.75, 3.05) is 5.73 Å². The van der Waals surface area contributed by atoms with Gasteiger partial charge in [-0.05, 0) is 24.3 Å². The third kappa shape index (κ3) is 2.65. The molecule has 0 bridgehead atoms. The molecule has 0 aliphatic heterocycles. The maximum Gasteiger partial charge on any atom is 0.184 e. The number of aryl methyl sites for hydroxylation is 1. The molecule has 0 saturated heterocycles. The first-order chi connectivity index (χ1) is 7.97. The van der Waals surface area contributed by atoms with Gasteiger partial charge < -0.3 is 5.73 Å². The summed E-state index contributed by atoms with van der Waals surface area (Å²) in [6.45, 7) is 0. The van der Waals surface area contributed by atoms with Crippen molar-refractivity contribution < 1.29 is 8.42 Å². The maximum absolute atomic E-state index is 12.1. The lowest BCUT2D eigenvalue weighted by molar-refractivity contribution is 0.594. The molecule has 1 heterocycles. The summed E-state index contributed by atoms with van der Waals surface area (Å²) in [4.78, 5) is 0.225. The lowest BCUT2D eigenvalue weighted by atomic mass is 10.3. The molecule has 0 amide bonds. The van der Waals surface area contributed by atoms with E-state index < -0.39 is 9.84 Å². The summed E-state index contributed by atoms with van der Waals surface area (Å²) in [5, 5.41) is 4.05. The van der Waals surface area contributed by atoms with Crippen LogP contribution < -0.4 is 5.73 Å². The Labute approximate surface area is 99.8 Å². The molecular weight excluding hydrogens is 238 g/mol. The van der Waals surface area contributed by atoms with Crippen LogP contribution in [0.25, 0.3) is 0 Å². The molecule has 2 N–H and O–H groups in total. The van der Waals surface area contributed by atoms with E-state index in [0.717, 1.165) is 0 Å². The molecule has 0 aliphatic rings. The molecule has 0 saturated carbocycles. The van der Waals surface area contributed by atoms with E-state index in [1.165, 1.54) is 12.1 Å². The molecule has 90 valence electrons. The number of nitrogens with two attached hydrogens (primary N) is 1. The summed E-state index contributed by atoms with van der Waals surface area (Å²) in [6.07, 6.45) is 1.71. The minimum Gasteiger partial charge on any atom is -0.399 e. The average molecular weight is 251 g/mol. The van der Waals surface area contributed by atoms with E-state index in [2.05, 4.69) is 5.10 Å². The van der Waals surface area contributed by atoms with Crippen molar-refractivity contribution in [2.24, 2.45) is 7.05 Å². The van der Waals surface area contributed by atoms with Crippen LogP contribution in [0.2, 0.25) is 0 Å². The Morgan fingerprint density at radius 3 is 2.71 bits per heavy atom. The largest absolute Gasteiger partial charge is 0.399 e. The highest BCUT2D eigenvalue weighted by molar-refractivity contribution is 7.90. The van der Waals surface area contributed by atoms with Gasteiger partial charge in [0.25, 0.3) is 0 Å². The summed E-state index contributed by atoms with van der Waals surface area (Å²) in [6, 6.07) is 7.96. The number of hydrogen-bond acceptors (Lipinski definition) is 4. The van der Waals surface area contributed by atoms with Crippen LogP contribution in [0.4, 0.5) is 5.69 Å². The van der Waals surface area contributed by atoms with Crippen molar-refractivity contribution in [1.82, 2.24) is 9.78 Å². The van der Waals surface area contributed by atoms with Crippen LogP contribution in [0.1, 0.15) is 5.69 Å². The van der Waals surface area contributed by atoms with Crippen LogP contribution >= 0.6 is 0 Å². The van der Waals surface area contributed by atoms with Crippen molar-refractivity contribution in [1.29, 1.82) is 0 Å². The summed E-state index contributed by atoms with van der Waals surface area (Å²) >= 11 is 0. The highest BCUT2D eigenvalue weighted by Crippen LogP contribution is 2.17. The molecule has 1 aromatic heterocycles. The Kier molecular flexibility index (Phi) is 2.89. The SMILES string of the molecule is Cn1ccc(CS(=O)(=O)c2cccc(N)c2)n1. The van der Waals surface area contributed by atoms with Crippen LogP contribution in [0, 0.1) is 0 Å². The van der Waals surface area contributed by atoms with Crippen LogP contribution in [-0.4, -0.2) is 18.2 Å². The van der Waals surface area contributed by atoms with Crippen molar-refractivity contribution >= 4 is 15.5 Å². The fourth-order valence-corrected chi connectivity index (χ4v) is 2.84. The van der Waals surface area contributed by atoms with E-state index in [1.54, 1.807) is 36.1 Å². The van der Waals surface area contributed by atoms with Gasteiger partial charge in [0.2, 0.25) is 0 Å². The monoisotopic (exact) mass is 251 g/mol. The Bertz CT molecular complexity index is 632. The van der Waals surface area contributed by atoms with Crippen molar-refractivity contribution in [3.63, 3.8) is 0 Å². The molecule has 2 aromatic rings. The van der Waals surface area contributed by atoms with E-state index >= 15 is 0 Å². The molecular formula is C11H13N3O2S. The average Bonchev–Trinajstić information content (AvgIpc) is 2.63. The molecule has 5 nitrogen and oxygen atoms in total. The second kappa shape index (κ2) is 4.21. The topological polar surface area (TPSA) is 78.0 Å². The van der Waals surface area contributed by atoms with E-state index in [9.17, 15) is 8.42 Å². The van der Waals surface area contributed by atoms with Crippen LogP contribution in [-0.2, 0) is 22.6 Å². The Morgan fingerprint density at radius 1 is 1.35 bits per heavy atom. The first-order valence-electron chi connectivity index (χ1n) is 5.04. The highest BCUT2D eigenvalue weighted by atomic mass is 32.2. The number of nitrogens with zero attached hydrogens (tertiary/aromatic N) is 2.